The first-order chi connectivity index (χ1) is 26.0. The van der Waals surface area contributed by atoms with Crippen molar-refractivity contribution >= 4 is 53.4 Å². The minimum absolute atomic E-state index is 0.186. The van der Waals surface area contributed by atoms with E-state index in [0.29, 0.717) is 17.5 Å². The molecular formula is C48H31N3OS. The van der Waals surface area contributed by atoms with Crippen molar-refractivity contribution in [3.05, 3.63) is 163 Å². The number of rotatable bonds is 4. The van der Waals surface area contributed by atoms with Crippen LogP contribution in [0.5, 0.6) is 0 Å². The van der Waals surface area contributed by atoms with Gasteiger partial charge in [-0.15, -0.1) is 11.3 Å². The van der Waals surface area contributed by atoms with Crippen LogP contribution in [0.3, 0.4) is 0 Å². The molecule has 3 aromatic heterocycles. The zero-order chi connectivity index (χ0) is 35.3. The van der Waals surface area contributed by atoms with Crippen LogP contribution in [0.1, 0.15) is 25.0 Å². The minimum Gasteiger partial charge on any atom is -0.455 e. The molecule has 0 saturated carbocycles. The summed E-state index contributed by atoms with van der Waals surface area (Å²) >= 11 is 1.80. The van der Waals surface area contributed by atoms with Gasteiger partial charge in [0.1, 0.15) is 11.2 Å². The molecule has 0 radical (unpaired) electrons. The highest BCUT2D eigenvalue weighted by Crippen LogP contribution is 2.53. The second-order valence-electron chi connectivity index (χ2n) is 14.4. The minimum atomic E-state index is -0.186. The number of fused-ring (bicyclic) bond motifs is 10. The molecule has 7 aromatic carbocycles. The van der Waals surface area contributed by atoms with E-state index in [2.05, 4.69) is 141 Å². The van der Waals surface area contributed by atoms with E-state index in [4.69, 9.17) is 19.4 Å². The maximum atomic E-state index is 6.52. The van der Waals surface area contributed by atoms with Crippen molar-refractivity contribution in [2.45, 2.75) is 19.3 Å². The third kappa shape index (κ3) is 4.64. The first kappa shape index (κ1) is 30.2. The monoisotopic (exact) mass is 697 g/mol. The van der Waals surface area contributed by atoms with E-state index in [1.807, 2.05) is 24.3 Å². The number of para-hydroxylation sites is 1. The molecule has 1 aliphatic carbocycles. The van der Waals surface area contributed by atoms with Crippen LogP contribution in [0, 0.1) is 0 Å². The van der Waals surface area contributed by atoms with E-state index in [1.54, 1.807) is 11.3 Å². The Bertz CT molecular complexity index is 3100. The van der Waals surface area contributed by atoms with Gasteiger partial charge in [-0.25, -0.2) is 15.0 Å². The number of benzene rings is 7. The van der Waals surface area contributed by atoms with E-state index in [0.717, 1.165) is 49.8 Å². The molecule has 11 rings (SSSR count). The summed E-state index contributed by atoms with van der Waals surface area (Å²) in [5.41, 5.74) is 11.9. The number of furan rings is 1. The fraction of sp³-hybridized carbons (Fsp3) is 0.0625. The topological polar surface area (TPSA) is 51.8 Å². The van der Waals surface area contributed by atoms with Gasteiger partial charge in [0.15, 0.2) is 17.5 Å². The molecule has 0 N–H and O–H groups in total. The summed E-state index contributed by atoms with van der Waals surface area (Å²) in [6, 6.07) is 53.6. The zero-order valence-electron chi connectivity index (χ0n) is 29.1. The molecule has 0 saturated heterocycles. The molecule has 0 fully saturated rings. The number of nitrogens with zero attached hydrogens (tertiary/aromatic N) is 3. The molecule has 0 unspecified atom stereocenters. The van der Waals surface area contributed by atoms with Gasteiger partial charge in [0.2, 0.25) is 0 Å². The molecule has 0 atom stereocenters. The molecule has 5 heteroatoms. The van der Waals surface area contributed by atoms with Gasteiger partial charge in [-0.05, 0) is 58.1 Å². The van der Waals surface area contributed by atoms with Crippen molar-refractivity contribution in [2.24, 2.45) is 0 Å². The van der Waals surface area contributed by atoms with Crippen LogP contribution in [-0.4, -0.2) is 15.0 Å². The smallest absolute Gasteiger partial charge is 0.164 e. The van der Waals surface area contributed by atoms with Gasteiger partial charge >= 0.3 is 0 Å². The predicted molar refractivity (Wildman–Crippen MR) is 219 cm³/mol. The summed E-state index contributed by atoms with van der Waals surface area (Å²) in [7, 11) is 0. The van der Waals surface area contributed by atoms with E-state index in [1.165, 1.54) is 42.4 Å². The number of hydrogen-bond acceptors (Lipinski definition) is 5. The van der Waals surface area contributed by atoms with Crippen LogP contribution >= 0.6 is 11.3 Å². The molecular weight excluding hydrogens is 667 g/mol. The van der Waals surface area contributed by atoms with Crippen molar-refractivity contribution in [1.82, 2.24) is 15.0 Å². The Balaban J connectivity index is 1.03. The van der Waals surface area contributed by atoms with E-state index >= 15 is 0 Å². The zero-order valence-corrected chi connectivity index (χ0v) is 29.9. The highest BCUT2D eigenvalue weighted by molar-refractivity contribution is 7.25. The van der Waals surface area contributed by atoms with Crippen molar-refractivity contribution < 1.29 is 4.42 Å². The molecule has 0 bridgehead atoms. The lowest BCUT2D eigenvalue weighted by atomic mass is 9.81. The molecule has 10 aromatic rings. The fourth-order valence-corrected chi connectivity index (χ4v) is 9.38. The molecule has 0 amide bonds. The summed E-state index contributed by atoms with van der Waals surface area (Å²) in [4.78, 5) is 15.2. The number of aromatic nitrogens is 3. The Morgan fingerprint density at radius 1 is 0.453 bits per heavy atom. The lowest BCUT2D eigenvalue weighted by molar-refractivity contribution is 0.653. The van der Waals surface area contributed by atoms with Crippen molar-refractivity contribution in [3.63, 3.8) is 0 Å². The Kier molecular flexibility index (Phi) is 6.43. The van der Waals surface area contributed by atoms with Gasteiger partial charge in [-0.1, -0.05) is 135 Å². The van der Waals surface area contributed by atoms with Gasteiger partial charge in [0.05, 0.1) is 0 Å². The SMILES string of the molecule is CC1(C)c2cc(-c3cccc(-c4nc(-c5ccccc5)nc(-c5ccc6c(c5)sc5ccccc56)n4)c3)ccc2-c2c1ccc1c2oc2ccccc21. The van der Waals surface area contributed by atoms with Crippen molar-refractivity contribution in [3.8, 4) is 56.4 Å². The van der Waals surface area contributed by atoms with Gasteiger partial charge in [-0.2, -0.15) is 0 Å². The third-order valence-electron chi connectivity index (χ3n) is 10.9. The van der Waals surface area contributed by atoms with E-state index < -0.39 is 0 Å². The van der Waals surface area contributed by atoms with Crippen LogP contribution in [0.25, 0.3) is 98.5 Å². The highest BCUT2D eigenvalue weighted by Gasteiger charge is 2.38. The molecule has 4 nitrogen and oxygen atoms in total. The maximum Gasteiger partial charge on any atom is 0.164 e. The summed E-state index contributed by atoms with van der Waals surface area (Å²) in [6.45, 7) is 4.64. The first-order valence-corrected chi connectivity index (χ1v) is 18.7. The normalized spacial score (nSPS) is 13.2. The van der Waals surface area contributed by atoms with E-state index in [-0.39, 0.29) is 5.41 Å². The fourth-order valence-electron chi connectivity index (χ4n) is 8.23. The average Bonchev–Trinajstić information content (AvgIpc) is 3.85. The average molecular weight is 698 g/mol. The summed E-state index contributed by atoms with van der Waals surface area (Å²) in [6.07, 6.45) is 0. The largest absolute Gasteiger partial charge is 0.455 e. The third-order valence-corrected chi connectivity index (χ3v) is 12.1. The molecule has 0 aliphatic heterocycles. The highest BCUT2D eigenvalue weighted by atomic mass is 32.1. The second kappa shape index (κ2) is 11.3. The Hall–Kier alpha value is -6.43. The Morgan fingerprint density at radius 3 is 1.92 bits per heavy atom. The van der Waals surface area contributed by atoms with Crippen molar-refractivity contribution in [1.29, 1.82) is 0 Å². The molecule has 0 spiro atoms. The lowest BCUT2D eigenvalue weighted by Crippen LogP contribution is -2.14. The quantitative estimate of drug-likeness (QED) is 0.184. The summed E-state index contributed by atoms with van der Waals surface area (Å²) in [5.74, 6) is 1.96. The predicted octanol–water partition coefficient (Wildman–Crippen LogP) is 13.1. The molecule has 3 heterocycles. The Labute approximate surface area is 310 Å². The van der Waals surface area contributed by atoms with Crippen molar-refractivity contribution in [2.75, 3.05) is 0 Å². The second-order valence-corrected chi connectivity index (χ2v) is 15.5. The van der Waals surface area contributed by atoms with Crippen LogP contribution in [-0.2, 0) is 5.41 Å². The molecule has 53 heavy (non-hydrogen) atoms. The van der Waals surface area contributed by atoms with E-state index in [9.17, 15) is 0 Å². The van der Waals surface area contributed by atoms with Crippen LogP contribution in [0.4, 0.5) is 0 Å². The summed E-state index contributed by atoms with van der Waals surface area (Å²) < 4.78 is 9.02. The van der Waals surface area contributed by atoms with Crippen LogP contribution in [0.2, 0.25) is 0 Å². The number of thiophene rings is 1. The van der Waals surface area contributed by atoms with Crippen LogP contribution < -0.4 is 0 Å². The Morgan fingerprint density at radius 2 is 1.08 bits per heavy atom. The summed E-state index contributed by atoms with van der Waals surface area (Å²) in [5, 5.41) is 4.85. The first-order valence-electron chi connectivity index (χ1n) is 17.9. The lowest BCUT2D eigenvalue weighted by Gasteiger charge is -2.22. The van der Waals surface area contributed by atoms with Gasteiger partial charge in [0, 0.05) is 58.6 Å². The van der Waals surface area contributed by atoms with Gasteiger partial charge < -0.3 is 4.42 Å². The molecule has 1 aliphatic rings. The molecule has 250 valence electrons. The standard InChI is InChI=1S/C48H31N3OS/c1-48(2)38-24-23-36-33-15-6-8-17-40(33)52-44(36)43(38)37-22-19-30(26-39(37)48)29-13-10-14-31(25-29)46-49-45(28-11-4-3-5-12-28)50-47(51-46)32-20-21-35-34-16-7-9-18-41(34)53-42(35)27-32/h3-27H,1-2H3. The number of hydrogen-bond donors (Lipinski definition) is 0. The van der Waals surface area contributed by atoms with Gasteiger partial charge in [0.25, 0.3) is 0 Å². The van der Waals surface area contributed by atoms with Crippen LogP contribution in [0.15, 0.2) is 156 Å². The van der Waals surface area contributed by atoms with Gasteiger partial charge in [-0.3, -0.25) is 0 Å². The maximum absolute atomic E-state index is 6.52.